The number of amides is 3. The first-order valence-electron chi connectivity index (χ1n) is 12.1. The standard InChI is InChI=1S/C25H35N5O3/c1-16-22(17(2)29-28-16)18-10-12-20(13-11-18)26-24(32)23(19-7-4-3-5-8-19)27-25(33)30-14-6-9-21(30)15-31/h10-13,19,21,23,31H,3-9,14-15H2,1-2H3,(H,26,32)(H,27,33)(H,28,29)/t21?,23-/m0/s1. The van der Waals surface area contributed by atoms with Gasteiger partial charge in [0, 0.05) is 23.5 Å². The van der Waals surface area contributed by atoms with Gasteiger partial charge in [0.15, 0.2) is 0 Å². The van der Waals surface area contributed by atoms with Crippen LogP contribution in [0, 0.1) is 19.8 Å². The van der Waals surface area contributed by atoms with Crippen LogP contribution in [0.5, 0.6) is 0 Å². The molecular formula is C25H35N5O3. The summed E-state index contributed by atoms with van der Waals surface area (Å²) in [5.41, 5.74) is 4.76. The number of likely N-dealkylation sites (tertiary alicyclic amines) is 1. The average Bonchev–Trinajstić information content (AvgIpc) is 3.44. The highest BCUT2D eigenvalue weighted by Crippen LogP contribution is 2.29. The minimum atomic E-state index is -0.587. The molecule has 0 bridgehead atoms. The molecule has 1 saturated carbocycles. The Hall–Kier alpha value is -2.87. The van der Waals surface area contributed by atoms with Crippen molar-refractivity contribution >= 4 is 17.6 Å². The van der Waals surface area contributed by atoms with Gasteiger partial charge in [0.1, 0.15) is 6.04 Å². The smallest absolute Gasteiger partial charge is 0.318 e. The molecule has 1 saturated heterocycles. The maximum absolute atomic E-state index is 13.3. The van der Waals surface area contributed by atoms with E-state index < -0.39 is 6.04 Å². The normalized spacial score (nSPS) is 20.0. The minimum absolute atomic E-state index is 0.0460. The zero-order chi connectivity index (χ0) is 23.4. The van der Waals surface area contributed by atoms with Crippen LogP contribution in [0.2, 0.25) is 0 Å². The van der Waals surface area contributed by atoms with E-state index in [9.17, 15) is 14.7 Å². The molecule has 1 unspecified atom stereocenters. The SMILES string of the molecule is Cc1n[nH]c(C)c1-c1ccc(NC(=O)[C@@H](NC(=O)N2CCCC2CO)C2CCCCC2)cc1. The molecule has 4 rings (SSSR count). The van der Waals surface area contributed by atoms with Gasteiger partial charge in [-0.15, -0.1) is 0 Å². The molecule has 178 valence electrons. The molecule has 3 amide bonds. The molecule has 1 aromatic heterocycles. The topological polar surface area (TPSA) is 110 Å². The van der Waals surface area contributed by atoms with E-state index >= 15 is 0 Å². The van der Waals surface area contributed by atoms with Crippen molar-refractivity contribution in [2.24, 2.45) is 5.92 Å². The molecule has 2 heterocycles. The van der Waals surface area contributed by atoms with E-state index in [-0.39, 0.29) is 30.5 Å². The molecule has 2 fully saturated rings. The number of benzene rings is 1. The van der Waals surface area contributed by atoms with E-state index in [4.69, 9.17) is 0 Å². The molecule has 8 nitrogen and oxygen atoms in total. The van der Waals surface area contributed by atoms with Crippen molar-refractivity contribution in [1.29, 1.82) is 0 Å². The number of nitrogens with one attached hydrogen (secondary N) is 3. The van der Waals surface area contributed by atoms with E-state index in [0.29, 0.717) is 12.2 Å². The van der Waals surface area contributed by atoms with E-state index in [1.807, 2.05) is 38.1 Å². The molecular weight excluding hydrogens is 418 g/mol. The van der Waals surface area contributed by atoms with Gasteiger partial charge in [0.05, 0.1) is 18.3 Å². The number of H-pyrrole nitrogens is 1. The van der Waals surface area contributed by atoms with E-state index in [0.717, 1.165) is 61.0 Å². The number of aliphatic hydroxyl groups is 1. The molecule has 1 aliphatic carbocycles. The molecule has 0 radical (unpaired) electrons. The molecule has 4 N–H and O–H groups in total. The van der Waals surface area contributed by atoms with Gasteiger partial charge in [0.25, 0.3) is 0 Å². The highest BCUT2D eigenvalue weighted by atomic mass is 16.3. The van der Waals surface area contributed by atoms with Crippen LogP contribution in [-0.2, 0) is 4.79 Å². The van der Waals surface area contributed by atoms with Gasteiger partial charge in [-0.2, -0.15) is 5.10 Å². The molecule has 0 spiro atoms. The Morgan fingerprint density at radius 1 is 1.12 bits per heavy atom. The fourth-order valence-corrected chi connectivity index (χ4v) is 5.29. The average molecular weight is 454 g/mol. The van der Waals surface area contributed by atoms with Crippen molar-refractivity contribution in [2.75, 3.05) is 18.5 Å². The summed E-state index contributed by atoms with van der Waals surface area (Å²) in [4.78, 5) is 28.0. The summed E-state index contributed by atoms with van der Waals surface area (Å²) in [6.45, 7) is 4.53. The summed E-state index contributed by atoms with van der Waals surface area (Å²) in [6.07, 6.45) is 6.86. The Labute approximate surface area is 195 Å². The van der Waals surface area contributed by atoms with Gasteiger partial charge in [-0.05, 0) is 63.1 Å². The zero-order valence-corrected chi connectivity index (χ0v) is 19.6. The van der Waals surface area contributed by atoms with Gasteiger partial charge in [-0.25, -0.2) is 4.79 Å². The van der Waals surface area contributed by atoms with Crippen molar-refractivity contribution in [3.63, 3.8) is 0 Å². The van der Waals surface area contributed by atoms with Crippen LogP contribution >= 0.6 is 0 Å². The summed E-state index contributed by atoms with van der Waals surface area (Å²) < 4.78 is 0. The van der Waals surface area contributed by atoms with E-state index in [1.54, 1.807) is 4.90 Å². The molecule has 33 heavy (non-hydrogen) atoms. The lowest BCUT2D eigenvalue weighted by Gasteiger charge is -2.32. The first-order chi connectivity index (χ1) is 16.0. The van der Waals surface area contributed by atoms with Crippen molar-refractivity contribution < 1.29 is 14.7 Å². The lowest BCUT2D eigenvalue weighted by Crippen LogP contribution is -2.54. The number of nitrogens with zero attached hydrogens (tertiary/aromatic N) is 2. The summed E-state index contributed by atoms with van der Waals surface area (Å²) in [6, 6.07) is 6.73. The molecule has 1 aromatic carbocycles. The van der Waals surface area contributed by atoms with Crippen LogP contribution in [0.3, 0.4) is 0 Å². The number of hydrogen-bond donors (Lipinski definition) is 4. The number of rotatable bonds is 6. The van der Waals surface area contributed by atoms with Gasteiger partial charge < -0.3 is 20.6 Å². The van der Waals surface area contributed by atoms with Crippen LogP contribution in [-0.4, -0.2) is 57.4 Å². The van der Waals surface area contributed by atoms with Crippen molar-refractivity contribution in [1.82, 2.24) is 20.4 Å². The maximum atomic E-state index is 13.3. The Morgan fingerprint density at radius 3 is 2.48 bits per heavy atom. The maximum Gasteiger partial charge on any atom is 0.318 e. The summed E-state index contributed by atoms with van der Waals surface area (Å²) in [7, 11) is 0. The van der Waals surface area contributed by atoms with Crippen LogP contribution in [0.1, 0.15) is 56.3 Å². The zero-order valence-electron chi connectivity index (χ0n) is 19.6. The van der Waals surface area contributed by atoms with Crippen LogP contribution < -0.4 is 10.6 Å². The van der Waals surface area contributed by atoms with E-state index in [2.05, 4.69) is 20.8 Å². The number of aryl methyl sites for hydroxylation is 2. The molecule has 2 atom stereocenters. The predicted molar refractivity (Wildman–Crippen MR) is 128 cm³/mol. The first-order valence-corrected chi connectivity index (χ1v) is 12.1. The second-order valence-electron chi connectivity index (χ2n) is 9.37. The van der Waals surface area contributed by atoms with Crippen LogP contribution in [0.15, 0.2) is 24.3 Å². The molecule has 2 aliphatic rings. The second-order valence-corrected chi connectivity index (χ2v) is 9.37. The fraction of sp³-hybridized carbons (Fsp3) is 0.560. The summed E-state index contributed by atoms with van der Waals surface area (Å²) in [5.74, 6) is -0.0631. The molecule has 8 heteroatoms. The third-order valence-electron chi connectivity index (χ3n) is 7.10. The lowest BCUT2D eigenvalue weighted by atomic mass is 9.83. The highest BCUT2D eigenvalue weighted by molar-refractivity contribution is 5.97. The number of carbonyl (C=O) groups excluding carboxylic acids is 2. The largest absolute Gasteiger partial charge is 0.394 e. The monoisotopic (exact) mass is 453 g/mol. The number of hydrogen-bond acceptors (Lipinski definition) is 4. The minimum Gasteiger partial charge on any atom is -0.394 e. The number of anilines is 1. The third kappa shape index (κ3) is 5.21. The Kier molecular flexibility index (Phi) is 7.33. The predicted octanol–water partition coefficient (Wildman–Crippen LogP) is 3.75. The second kappa shape index (κ2) is 10.4. The number of urea groups is 1. The van der Waals surface area contributed by atoms with Gasteiger partial charge in [0.2, 0.25) is 5.91 Å². The van der Waals surface area contributed by atoms with Gasteiger partial charge >= 0.3 is 6.03 Å². The number of aliphatic hydroxyl groups excluding tert-OH is 1. The lowest BCUT2D eigenvalue weighted by molar-refractivity contribution is -0.119. The molecule has 2 aromatic rings. The number of carbonyl (C=O) groups is 2. The van der Waals surface area contributed by atoms with E-state index in [1.165, 1.54) is 6.42 Å². The quantitative estimate of drug-likeness (QED) is 0.534. The van der Waals surface area contributed by atoms with Crippen LogP contribution in [0.4, 0.5) is 10.5 Å². The van der Waals surface area contributed by atoms with Crippen molar-refractivity contribution in [3.8, 4) is 11.1 Å². The fourth-order valence-electron chi connectivity index (χ4n) is 5.29. The summed E-state index contributed by atoms with van der Waals surface area (Å²) in [5, 5.41) is 22.9. The Balaban J connectivity index is 1.47. The summed E-state index contributed by atoms with van der Waals surface area (Å²) >= 11 is 0. The van der Waals surface area contributed by atoms with Gasteiger partial charge in [-0.1, -0.05) is 31.4 Å². The first kappa shape index (κ1) is 23.3. The number of aromatic nitrogens is 2. The number of aromatic amines is 1. The van der Waals surface area contributed by atoms with Crippen molar-refractivity contribution in [2.45, 2.75) is 70.9 Å². The third-order valence-corrected chi connectivity index (χ3v) is 7.10. The highest BCUT2D eigenvalue weighted by Gasteiger charge is 2.35. The van der Waals surface area contributed by atoms with Crippen molar-refractivity contribution in [3.05, 3.63) is 35.7 Å². The molecule has 1 aliphatic heterocycles. The van der Waals surface area contributed by atoms with Crippen LogP contribution in [0.25, 0.3) is 11.1 Å². The Bertz CT molecular complexity index is 945. The Morgan fingerprint density at radius 2 is 1.85 bits per heavy atom. The van der Waals surface area contributed by atoms with Gasteiger partial charge in [-0.3, -0.25) is 9.89 Å².